The molecule has 2 heterocycles. The molecule has 1 atom stereocenters. The number of carbonyl (C=O) groups is 1. The first-order valence-electron chi connectivity index (χ1n) is 8.43. The maximum absolute atomic E-state index is 12.8. The number of nitrogens with zero attached hydrogens (tertiary/aromatic N) is 2. The third kappa shape index (κ3) is 3.82. The molecule has 1 aromatic heterocycles. The Morgan fingerprint density at radius 3 is 2.67 bits per heavy atom. The summed E-state index contributed by atoms with van der Waals surface area (Å²) in [6, 6.07) is 10.5. The fourth-order valence-electron chi connectivity index (χ4n) is 3.38. The number of aromatic amines is 1. The number of nitrogens with one attached hydrogen (secondary N) is 1. The van der Waals surface area contributed by atoms with Gasteiger partial charge in [-0.15, -0.1) is 0 Å². The molecule has 0 aliphatic carbocycles. The van der Waals surface area contributed by atoms with Gasteiger partial charge in [-0.2, -0.15) is 0 Å². The van der Waals surface area contributed by atoms with Gasteiger partial charge in [0.25, 0.3) is 5.91 Å². The van der Waals surface area contributed by atoms with Gasteiger partial charge in [-0.25, -0.2) is 0 Å². The van der Waals surface area contributed by atoms with E-state index < -0.39 is 0 Å². The van der Waals surface area contributed by atoms with Crippen molar-refractivity contribution >= 4 is 17.5 Å². The minimum Gasteiger partial charge on any atom is -0.356 e. The standard InChI is InChI=1S/C19H24ClN3O/c1-22(2)13-14-6-8-15(9-7-14)18-5-3-4-10-23(18)19(24)17-11-16(20)12-21-17/h6-9,11-12,18,21H,3-5,10,13H2,1-2H3/t18-/m1/s1. The summed E-state index contributed by atoms with van der Waals surface area (Å²) < 4.78 is 0. The van der Waals surface area contributed by atoms with Gasteiger partial charge in [0.1, 0.15) is 5.69 Å². The maximum Gasteiger partial charge on any atom is 0.270 e. The van der Waals surface area contributed by atoms with Crippen LogP contribution in [0.15, 0.2) is 36.5 Å². The van der Waals surface area contributed by atoms with E-state index in [1.165, 1.54) is 11.1 Å². The van der Waals surface area contributed by atoms with Crippen LogP contribution in [0.25, 0.3) is 0 Å². The van der Waals surface area contributed by atoms with Gasteiger partial charge in [0.2, 0.25) is 0 Å². The Kier molecular flexibility index (Phi) is 5.27. The molecule has 0 unspecified atom stereocenters. The molecule has 4 nitrogen and oxygen atoms in total. The van der Waals surface area contributed by atoms with Crippen LogP contribution in [-0.2, 0) is 6.54 Å². The van der Waals surface area contributed by atoms with Crippen LogP contribution in [0.4, 0.5) is 0 Å². The Morgan fingerprint density at radius 1 is 1.29 bits per heavy atom. The van der Waals surface area contributed by atoms with Crippen molar-refractivity contribution in [2.45, 2.75) is 31.8 Å². The number of likely N-dealkylation sites (tertiary alicyclic amines) is 1. The average Bonchev–Trinajstić information content (AvgIpc) is 3.01. The normalized spacial score (nSPS) is 18.2. The summed E-state index contributed by atoms with van der Waals surface area (Å²) in [5, 5.41) is 0.569. The SMILES string of the molecule is CN(C)Cc1ccc([C@H]2CCCCN2C(=O)c2cc(Cl)c[nH]2)cc1. The molecule has 1 aliphatic heterocycles. The highest BCUT2D eigenvalue weighted by Gasteiger charge is 2.29. The van der Waals surface area contributed by atoms with Gasteiger partial charge < -0.3 is 14.8 Å². The quantitative estimate of drug-likeness (QED) is 0.906. The van der Waals surface area contributed by atoms with Gasteiger partial charge >= 0.3 is 0 Å². The summed E-state index contributed by atoms with van der Waals surface area (Å²) in [6.07, 6.45) is 4.87. The fraction of sp³-hybridized carbons (Fsp3) is 0.421. The topological polar surface area (TPSA) is 39.3 Å². The first kappa shape index (κ1) is 17.1. The summed E-state index contributed by atoms with van der Waals surface area (Å²) in [7, 11) is 4.13. The molecule has 1 aromatic carbocycles. The summed E-state index contributed by atoms with van der Waals surface area (Å²) >= 11 is 5.95. The summed E-state index contributed by atoms with van der Waals surface area (Å²) in [4.78, 5) is 19.9. The molecule has 1 N–H and O–H groups in total. The summed E-state index contributed by atoms with van der Waals surface area (Å²) in [5.74, 6) is 0.0315. The molecule has 128 valence electrons. The fourth-order valence-corrected chi connectivity index (χ4v) is 3.54. The molecule has 1 aliphatic rings. The molecular weight excluding hydrogens is 322 g/mol. The van der Waals surface area contributed by atoms with Crippen molar-refractivity contribution in [3.05, 3.63) is 58.4 Å². The molecule has 0 radical (unpaired) electrons. The Balaban J connectivity index is 1.80. The van der Waals surface area contributed by atoms with Crippen LogP contribution in [0, 0.1) is 0 Å². The molecule has 1 amide bonds. The third-order valence-corrected chi connectivity index (χ3v) is 4.72. The van der Waals surface area contributed by atoms with Gasteiger partial charge in [-0.1, -0.05) is 35.9 Å². The Morgan fingerprint density at radius 2 is 2.04 bits per heavy atom. The van der Waals surface area contributed by atoms with Crippen LogP contribution >= 0.6 is 11.6 Å². The van der Waals surface area contributed by atoms with E-state index in [2.05, 4.69) is 48.2 Å². The highest BCUT2D eigenvalue weighted by molar-refractivity contribution is 6.30. The number of amides is 1. The second-order valence-electron chi connectivity index (χ2n) is 6.72. The zero-order chi connectivity index (χ0) is 17.1. The van der Waals surface area contributed by atoms with E-state index in [0.717, 1.165) is 32.4 Å². The number of halogens is 1. The number of aromatic nitrogens is 1. The Bertz CT molecular complexity index is 693. The van der Waals surface area contributed by atoms with E-state index in [9.17, 15) is 4.79 Å². The lowest BCUT2D eigenvalue weighted by Crippen LogP contribution is -2.38. The molecule has 1 saturated heterocycles. The van der Waals surface area contributed by atoms with E-state index in [1.807, 2.05) is 4.90 Å². The van der Waals surface area contributed by atoms with Crippen LogP contribution in [0.3, 0.4) is 0 Å². The van der Waals surface area contributed by atoms with E-state index in [-0.39, 0.29) is 11.9 Å². The molecular formula is C19H24ClN3O. The lowest BCUT2D eigenvalue weighted by Gasteiger charge is -2.36. The van der Waals surface area contributed by atoms with Crippen LogP contribution in [0.5, 0.6) is 0 Å². The van der Waals surface area contributed by atoms with E-state index in [1.54, 1.807) is 12.3 Å². The van der Waals surface area contributed by atoms with Gasteiger partial charge in [0, 0.05) is 19.3 Å². The van der Waals surface area contributed by atoms with Crippen LogP contribution < -0.4 is 0 Å². The van der Waals surface area contributed by atoms with Crippen molar-refractivity contribution in [1.82, 2.24) is 14.8 Å². The van der Waals surface area contributed by atoms with Gasteiger partial charge in [0.15, 0.2) is 0 Å². The van der Waals surface area contributed by atoms with Gasteiger partial charge in [0.05, 0.1) is 11.1 Å². The minimum atomic E-state index is 0.0315. The van der Waals surface area contributed by atoms with Gasteiger partial charge in [-0.3, -0.25) is 4.79 Å². The zero-order valence-electron chi connectivity index (χ0n) is 14.3. The molecule has 0 saturated carbocycles. The van der Waals surface area contributed by atoms with Crippen LogP contribution in [0.2, 0.25) is 5.02 Å². The highest BCUT2D eigenvalue weighted by Crippen LogP contribution is 2.32. The number of hydrogen-bond acceptors (Lipinski definition) is 2. The van der Waals surface area contributed by atoms with E-state index >= 15 is 0 Å². The molecule has 1 fully saturated rings. The maximum atomic E-state index is 12.8. The monoisotopic (exact) mass is 345 g/mol. The van der Waals surface area contributed by atoms with Crippen LogP contribution in [0.1, 0.15) is 46.9 Å². The Hall–Kier alpha value is -1.78. The van der Waals surface area contributed by atoms with Crippen molar-refractivity contribution in [3.63, 3.8) is 0 Å². The molecule has 0 bridgehead atoms. The third-order valence-electron chi connectivity index (χ3n) is 4.51. The molecule has 24 heavy (non-hydrogen) atoms. The number of benzene rings is 1. The first-order chi connectivity index (χ1) is 11.5. The first-order valence-corrected chi connectivity index (χ1v) is 8.81. The molecule has 3 rings (SSSR count). The minimum absolute atomic E-state index is 0.0315. The van der Waals surface area contributed by atoms with Crippen molar-refractivity contribution in [2.24, 2.45) is 0 Å². The predicted molar refractivity (Wildman–Crippen MR) is 97.3 cm³/mol. The van der Waals surface area contributed by atoms with E-state index in [4.69, 9.17) is 11.6 Å². The zero-order valence-corrected chi connectivity index (χ0v) is 15.0. The second-order valence-corrected chi connectivity index (χ2v) is 7.16. The number of rotatable bonds is 4. The lowest BCUT2D eigenvalue weighted by atomic mass is 9.94. The van der Waals surface area contributed by atoms with Crippen molar-refractivity contribution < 1.29 is 4.79 Å². The summed E-state index contributed by atoms with van der Waals surface area (Å²) in [5.41, 5.74) is 3.06. The van der Waals surface area contributed by atoms with E-state index in [0.29, 0.717) is 10.7 Å². The highest BCUT2D eigenvalue weighted by atomic mass is 35.5. The van der Waals surface area contributed by atoms with Crippen molar-refractivity contribution in [3.8, 4) is 0 Å². The number of piperidine rings is 1. The van der Waals surface area contributed by atoms with Crippen molar-refractivity contribution in [1.29, 1.82) is 0 Å². The smallest absolute Gasteiger partial charge is 0.270 e. The van der Waals surface area contributed by atoms with Crippen LogP contribution in [-0.4, -0.2) is 41.3 Å². The summed E-state index contributed by atoms with van der Waals surface area (Å²) in [6.45, 7) is 1.72. The number of hydrogen-bond donors (Lipinski definition) is 1. The lowest BCUT2D eigenvalue weighted by molar-refractivity contribution is 0.0606. The largest absolute Gasteiger partial charge is 0.356 e. The average molecular weight is 346 g/mol. The molecule has 2 aromatic rings. The molecule has 0 spiro atoms. The van der Waals surface area contributed by atoms with Crippen molar-refractivity contribution in [2.75, 3.05) is 20.6 Å². The number of carbonyl (C=O) groups excluding carboxylic acids is 1. The molecule has 5 heteroatoms. The Labute approximate surface area is 148 Å². The van der Waals surface area contributed by atoms with Gasteiger partial charge in [-0.05, 0) is 50.6 Å². The second kappa shape index (κ2) is 7.41. The number of H-pyrrole nitrogens is 1. The predicted octanol–water partition coefficient (Wildman–Crippen LogP) is 4.10.